The fourth-order valence-electron chi connectivity index (χ4n) is 5.11. The fraction of sp³-hybridized carbons (Fsp3) is 0.357. The lowest BCUT2D eigenvalue weighted by atomic mass is 10.0. The lowest BCUT2D eigenvalue weighted by Gasteiger charge is -2.37. The molecule has 1 aromatic heterocycles. The average Bonchev–Trinajstić information content (AvgIpc) is 3.39. The topological polar surface area (TPSA) is 48.5 Å². The molecule has 5 nitrogen and oxygen atoms in total. The highest BCUT2D eigenvalue weighted by atomic mass is 35.5. The number of aryl methyl sites for hydroxylation is 1. The quantitative estimate of drug-likeness (QED) is 0.467. The number of anilines is 2. The second-order valence-electron chi connectivity index (χ2n) is 9.36. The molecule has 2 aliphatic rings. The van der Waals surface area contributed by atoms with Gasteiger partial charge in [0.25, 0.3) is 0 Å². The van der Waals surface area contributed by atoms with Crippen LogP contribution in [0.4, 0.5) is 11.5 Å². The van der Waals surface area contributed by atoms with Gasteiger partial charge in [-0.05, 0) is 99.3 Å². The number of carbonyl (C=O) groups excluding carboxylic acids is 1. The van der Waals surface area contributed by atoms with Gasteiger partial charge in [0.2, 0.25) is 5.91 Å². The number of amides is 1. The van der Waals surface area contributed by atoms with E-state index in [-0.39, 0.29) is 5.91 Å². The summed E-state index contributed by atoms with van der Waals surface area (Å²) in [5.74, 6) is 0.893. The van der Waals surface area contributed by atoms with Gasteiger partial charge in [-0.15, -0.1) is 0 Å². The Kier molecular flexibility index (Phi) is 6.84. The van der Waals surface area contributed by atoms with Gasteiger partial charge in [-0.3, -0.25) is 4.79 Å². The third-order valence-corrected chi connectivity index (χ3v) is 7.26. The molecule has 1 amide bonds. The summed E-state index contributed by atoms with van der Waals surface area (Å²) in [6, 6.07) is 16.2. The molecule has 0 bridgehead atoms. The molecule has 0 spiro atoms. The van der Waals surface area contributed by atoms with Crippen molar-refractivity contribution in [2.45, 2.75) is 38.6 Å². The van der Waals surface area contributed by atoms with Crippen LogP contribution in [0.15, 0.2) is 54.6 Å². The molecule has 176 valence electrons. The number of carbonyl (C=O) groups is 1. The highest BCUT2D eigenvalue weighted by molar-refractivity contribution is 6.30. The Morgan fingerprint density at radius 3 is 2.50 bits per heavy atom. The molecular formula is C28H31ClN4O. The van der Waals surface area contributed by atoms with E-state index in [2.05, 4.69) is 28.1 Å². The van der Waals surface area contributed by atoms with Crippen molar-refractivity contribution in [2.24, 2.45) is 0 Å². The second-order valence-corrected chi connectivity index (χ2v) is 9.80. The Morgan fingerprint density at radius 2 is 1.76 bits per heavy atom. The number of benzene rings is 2. The molecule has 0 atom stereocenters. The van der Waals surface area contributed by atoms with Crippen LogP contribution < -0.4 is 10.2 Å². The van der Waals surface area contributed by atoms with E-state index in [0.29, 0.717) is 5.02 Å². The SMILES string of the molecule is Cc1cc(N2CCC(N3CCCC3)CC2)nc2ccc(NC(=O)/C=C\c3ccc(Cl)cc3)cc12. The van der Waals surface area contributed by atoms with Crippen molar-refractivity contribution in [3.8, 4) is 0 Å². The molecule has 5 rings (SSSR count). The van der Waals surface area contributed by atoms with Crippen molar-refractivity contribution in [3.63, 3.8) is 0 Å². The van der Waals surface area contributed by atoms with Crippen LogP contribution >= 0.6 is 11.6 Å². The number of nitrogens with one attached hydrogen (secondary N) is 1. The Morgan fingerprint density at radius 1 is 1.03 bits per heavy atom. The zero-order valence-electron chi connectivity index (χ0n) is 19.6. The summed E-state index contributed by atoms with van der Waals surface area (Å²) in [4.78, 5) is 22.5. The van der Waals surface area contributed by atoms with Crippen molar-refractivity contribution >= 4 is 46.0 Å². The standard InChI is InChI=1S/C28H31ClN4O/c1-20-18-27(33-16-12-24(13-17-33)32-14-2-3-15-32)31-26-10-9-23(19-25(20)26)30-28(34)11-6-21-4-7-22(29)8-5-21/h4-11,18-19,24H,2-3,12-17H2,1H3,(H,30,34)/b11-6-. The first-order chi connectivity index (χ1) is 16.5. The minimum Gasteiger partial charge on any atom is -0.356 e. The number of fused-ring (bicyclic) bond motifs is 1. The molecule has 0 aliphatic carbocycles. The van der Waals surface area contributed by atoms with Gasteiger partial charge in [-0.25, -0.2) is 4.98 Å². The summed E-state index contributed by atoms with van der Waals surface area (Å²) in [5, 5.41) is 4.70. The average molecular weight is 475 g/mol. The summed E-state index contributed by atoms with van der Waals surface area (Å²) >= 11 is 5.91. The number of likely N-dealkylation sites (tertiary alicyclic amines) is 1. The van der Waals surface area contributed by atoms with Crippen LogP contribution in [0, 0.1) is 6.92 Å². The minimum atomic E-state index is -0.169. The maximum absolute atomic E-state index is 12.4. The second kappa shape index (κ2) is 10.2. The zero-order chi connectivity index (χ0) is 23.5. The Balaban J connectivity index is 1.25. The molecular weight excluding hydrogens is 444 g/mol. The molecule has 0 saturated carbocycles. The van der Waals surface area contributed by atoms with Crippen LogP contribution in [-0.4, -0.2) is 48.0 Å². The number of halogens is 1. The molecule has 3 heterocycles. The highest BCUT2D eigenvalue weighted by Crippen LogP contribution is 2.28. The van der Waals surface area contributed by atoms with E-state index in [0.717, 1.165) is 47.1 Å². The largest absolute Gasteiger partial charge is 0.356 e. The fourth-order valence-corrected chi connectivity index (χ4v) is 5.24. The minimum absolute atomic E-state index is 0.169. The van der Waals surface area contributed by atoms with Gasteiger partial charge >= 0.3 is 0 Å². The summed E-state index contributed by atoms with van der Waals surface area (Å²) < 4.78 is 0. The molecule has 2 fully saturated rings. The maximum atomic E-state index is 12.4. The molecule has 2 saturated heterocycles. The highest BCUT2D eigenvalue weighted by Gasteiger charge is 2.27. The van der Waals surface area contributed by atoms with E-state index >= 15 is 0 Å². The summed E-state index contributed by atoms with van der Waals surface area (Å²) in [5.41, 5.74) is 3.83. The van der Waals surface area contributed by atoms with E-state index in [9.17, 15) is 4.79 Å². The van der Waals surface area contributed by atoms with Crippen LogP contribution in [0.5, 0.6) is 0 Å². The first kappa shape index (κ1) is 22.9. The third kappa shape index (κ3) is 5.26. The van der Waals surface area contributed by atoms with Crippen molar-refractivity contribution in [1.29, 1.82) is 0 Å². The van der Waals surface area contributed by atoms with Gasteiger partial charge in [0.05, 0.1) is 5.52 Å². The van der Waals surface area contributed by atoms with E-state index < -0.39 is 0 Å². The lowest BCUT2D eigenvalue weighted by Crippen LogP contribution is -2.44. The zero-order valence-corrected chi connectivity index (χ0v) is 20.4. The predicted molar refractivity (Wildman–Crippen MR) is 142 cm³/mol. The van der Waals surface area contributed by atoms with Crippen molar-refractivity contribution in [1.82, 2.24) is 9.88 Å². The number of nitrogens with zero attached hydrogens (tertiary/aromatic N) is 3. The van der Waals surface area contributed by atoms with Gasteiger partial charge in [0.15, 0.2) is 0 Å². The third-order valence-electron chi connectivity index (χ3n) is 7.01. The Hall–Kier alpha value is -2.89. The Labute approximate surface area is 206 Å². The van der Waals surface area contributed by atoms with Gasteiger partial charge in [-0.1, -0.05) is 23.7 Å². The predicted octanol–water partition coefficient (Wildman–Crippen LogP) is 5.91. The van der Waals surface area contributed by atoms with Gasteiger partial charge in [0.1, 0.15) is 5.82 Å². The van der Waals surface area contributed by atoms with Crippen molar-refractivity contribution in [2.75, 3.05) is 36.4 Å². The lowest BCUT2D eigenvalue weighted by molar-refractivity contribution is -0.111. The molecule has 0 unspecified atom stereocenters. The maximum Gasteiger partial charge on any atom is 0.248 e. The van der Waals surface area contributed by atoms with Crippen LogP contribution in [-0.2, 0) is 4.79 Å². The summed E-state index contributed by atoms with van der Waals surface area (Å²) in [7, 11) is 0. The van der Waals surface area contributed by atoms with Crippen LogP contribution in [0.1, 0.15) is 36.8 Å². The van der Waals surface area contributed by atoms with Crippen molar-refractivity contribution in [3.05, 3.63) is 70.8 Å². The number of pyridine rings is 1. The Bertz CT molecular complexity index is 1190. The van der Waals surface area contributed by atoms with Gasteiger partial charge in [0, 0.05) is 41.3 Å². The van der Waals surface area contributed by atoms with E-state index in [4.69, 9.17) is 16.6 Å². The molecule has 0 radical (unpaired) electrons. The van der Waals surface area contributed by atoms with Crippen molar-refractivity contribution < 1.29 is 4.79 Å². The number of hydrogen-bond donors (Lipinski definition) is 1. The van der Waals surface area contributed by atoms with Crippen LogP contribution in [0.3, 0.4) is 0 Å². The number of aromatic nitrogens is 1. The summed E-state index contributed by atoms with van der Waals surface area (Å²) in [6.45, 7) is 6.79. The number of piperidine rings is 1. The normalized spacial score (nSPS) is 17.6. The molecule has 2 aromatic carbocycles. The van der Waals surface area contributed by atoms with Crippen LogP contribution in [0.25, 0.3) is 17.0 Å². The smallest absolute Gasteiger partial charge is 0.248 e. The number of rotatable bonds is 5. The monoisotopic (exact) mass is 474 g/mol. The number of hydrogen-bond acceptors (Lipinski definition) is 4. The molecule has 3 aromatic rings. The molecule has 2 aliphatic heterocycles. The molecule has 1 N–H and O–H groups in total. The molecule has 34 heavy (non-hydrogen) atoms. The van der Waals surface area contributed by atoms with E-state index in [1.165, 1.54) is 50.4 Å². The van der Waals surface area contributed by atoms with Gasteiger partial charge in [-0.2, -0.15) is 0 Å². The van der Waals surface area contributed by atoms with Gasteiger partial charge < -0.3 is 15.1 Å². The first-order valence-corrected chi connectivity index (χ1v) is 12.6. The van der Waals surface area contributed by atoms with E-state index in [1.807, 2.05) is 42.5 Å². The van der Waals surface area contributed by atoms with Crippen LogP contribution in [0.2, 0.25) is 5.02 Å². The molecule has 6 heteroatoms. The first-order valence-electron chi connectivity index (χ1n) is 12.2. The summed E-state index contributed by atoms with van der Waals surface area (Å²) in [6.07, 6.45) is 8.45. The van der Waals surface area contributed by atoms with E-state index in [1.54, 1.807) is 6.08 Å².